The Morgan fingerprint density at radius 2 is 1.59 bits per heavy atom. The minimum atomic E-state index is -0.656. The molecule has 0 spiro atoms. The van der Waals surface area contributed by atoms with Crippen LogP contribution in [0.3, 0.4) is 0 Å². The zero-order valence-electron chi connectivity index (χ0n) is 20.9. The maximum atomic E-state index is 13.7. The van der Waals surface area contributed by atoms with E-state index in [1.165, 1.54) is 11.8 Å². The highest BCUT2D eigenvalue weighted by molar-refractivity contribution is 9.10. The molecule has 3 aromatic rings. The summed E-state index contributed by atoms with van der Waals surface area (Å²) in [6, 6.07) is 22.4. The quantitative estimate of drug-likeness (QED) is 0.227. The number of hydrogen-bond donors (Lipinski definition) is 1. The maximum Gasteiger partial charge on any atom is 0.243 e. The van der Waals surface area contributed by atoms with Gasteiger partial charge >= 0.3 is 0 Å². The van der Waals surface area contributed by atoms with Crippen LogP contribution < -0.4 is 5.32 Å². The van der Waals surface area contributed by atoms with E-state index in [0.29, 0.717) is 28.8 Å². The largest absolute Gasteiger partial charge is 0.352 e. The zero-order valence-corrected chi connectivity index (χ0v) is 24.8. The SMILES string of the molecule is CC[C@H](C)NC(=O)[C@H](Cc1ccccc1)N(Cc1ccc(Br)cc1)C(=O)CSCc1c(Cl)cccc1Cl. The van der Waals surface area contributed by atoms with Gasteiger partial charge in [0.1, 0.15) is 6.04 Å². The topological polar surface area (TPSA) is 49.4 Å². The molecule has 0 fully saturated rings. The molecule has 0 saturated carbocycles. The van der Waals surface area contributed by atoms with E-state index in [9.17, 15) is 9.59 Å². The Balaban J connectivity index is 1.87. The number of nitrogens with zero attached hydrogens (tertiary/aromatic N) is 1. The number of thioether (sulfide) groups is 1. The van der Waals surface area contributed by atoms with Gasteiger partial charge in [-0.05, 0) is 54.3 Å². The Kier molecular flexibility index (Phi) is 11.8. The Bertz CT molecular complexity index is 1160. The van der Waals surface area contributed by atoms with Crippen LogP contribution in [0.1, 0.15) is 37.0 Å². The molecule has 8 heteroatoms. The molecule has 2 atom stereocenters. The van der Waals surface area contributed by atoms with Gasteiger partial charge in [-0.25, -0.2) is 0 Å². The second-order valence-electron chi connectivity index (χ2n) is 8.86. The van der Waals surface area contributed by atoms with Crippen molar-refractivity contribution in [3.05, 3.63) is 104 Å². The lowest BCUT2D eigenvalue weighted by Crippen LogP contribution is -2.52. The van der Waals surface area contributed by atoms with Gasteiger partial charge in [0.15, 0.2) is 0 Å². The van der Waals surface area contributed by atoms with Gasteiger partial charge in [0.2, 0.25) is 11.8 Å². The van der Waals surface area contributed by atoms with Crippen molar-refractivity contribution >= 4 is 62.7 Å². The summed E-state index contributed by atoms with van der Waals surface area (Å²) in [6.07, 6.45) is 1.23. The van der Waals surface area contributed by atoms with Crippen LogP contribution in [-0.4, -0.2) is 34.6 Å². The van der Waals surface area contributed by atoms with E-state index in [1.54, 1.807) is 23.1 Å². The van der Waals surface area contributed by atoms with Crippen molar-refractivity contribution in [1.82, 2.24) is 10.2 Å². The normalized spacial score (nSPS) is 12.6. The molecule has 0 bridgehead atoms. The molecule has 0 aliphatic carbocycles. The van der Waals surface area contributed by atoms with Gasteiger partial charge in [-0.2, -0.15) is 0 Å². The molecule has 37 heavy (non-hydrogen) atoms. The lowest BCUT2D eigenvalue weighted by molar-refractivity contribution is -0.139. The van der Waals surface area contributed by atoms with Crippen LogP contribution in [0.2, 0.25) is 10.0 Å². The number of rotatable bonds is 12. The standard InChI is InChI=1S/C29H31BrCl2N2O2S/c1-3-20(2)33-29(36)27(16-21-8-5-4-6-9-21)34(17-22-12-14-23(30)15-13-22)28(35)19-37-18-24-25(31)10-7-11-26(24)32/h4-15,20,27H,3,16-19H2,1-2H3,(H,33,36)/t20-,27-/m0/s1. The van der Waals surface area contributed by atoms with E-state index in [-0.39, 0.29) is 23.6 Å². The summed E-state index contributed by atoms with van der Waals surface area (Å²) in [5.74, 6) is 0.429. The molecule has 1 N–H and O–H groups in total. The molecule has 3 aromatic carbocycles. The summed E-state index contributed by atoms with van der Waals surface area (Å²) in [6.45, 7) is 4.32. The van der Waals surface area contributed by atoms with Crippen LogP contribution in [-0.2, 0) is 28.3 Å². The fourth-order valence-corrected chi connectivity index (χ4v) is 5.69. The fourth-order valence-electron chi connectivity index (χ4n) is 3.78. The van der Waals surface area contributed by atoms with Crippen LogP contribution in [0.4, 0.5) is 0 Å². The first-order valence-corrected chi connectivity index (χ1v) is 14.9. The first-order chi connectivity index (χ1) is 17.8. The highest BCUT2D eigenvalue weighted by Crippen LogP contribution is 2.28. The number of halogens is 3. The summed E-state index contributed by atoms with van der Waals surface area (Å²) in [5.41, 5.74) is 2.75. The van der Waals surface area contributed by atoms with Crippen LogP contribution in [0, 0.1) is 0 Å². The molecule has 0 aliphatic rings. The van der Waals surface area contributed by atoms with E-state index in [4.69, 9.17) is 23.2 Å². The third-order valence-corrected chi connectivity index (χ3v) is 8.25. The second-order valence-corrected chi connectivity index (χ2v) is 11.6. The summed E-state index contributed by atoms with van der Waals surface area (Å²) in [5, 5.41) is 4.25. The van der Waals surface area contributed by atoms with Crippen LogP contribution in [0.25, 0.3) is 0 Å². The van der Waals surface area contributed by atoms with Gasteiger partial charge in [-0.15, -0.1) is 11.8 Å². The molecule has 3 rings (SSSR count). The molecule has 0 aliphatic heterocycles. The van der Waals surface area contributed by atoms with E-state index in [0.717, 1.165) is 27.6 Å². The summed E-state index contributed by atoms with van der Waals surface area (Å²) in [4.78, 5) is 29.0. The Morgan fingerprint density at radius 1 is 0.946 bits per heavy atom. The predicted molar refractivity (Wildman–Crippen MR) is 159 cm³/mol. The number of amides is 2. The van der Waals surface area contributed by atoms with Crippen molar-refractivity contribution in [3.63, 3.8) is 0 Å². The van der Waals surface area contributed by atoms with Crippen LogP contribution in [0.15, 0.2) is 77.3 Å². The molecule has 4 nitrogen and oxygen atoms in total. The Labute approximate surface area is 242 Å². The molecule has 0 saturated heterocycles. The minimum absolute atomic E-state index is 0.00662. The number of carbonyl (C=O) groups is 2. The van der Waals surface area contributed by atoms with Crippen molar-refractivity contribution in [3.8, 4) is 0 Å². The van der Waals surface area contributed by atoms with Crippen LogP contribution in [0.5, 0.6) is 0 Å². The summed E-state index contributed by atoms with van der Waals surface area (Å²) in [7, 11) is 0. The highest BCUT2D eigenvalue weighted by Gasteiger charge is 2.31. The van der Waals surface area contributed by atoms with Gasteiger partial charge < -0.3 is 10.2 Å². The van der Waals surface area contributed by atoms with E-state index >= 15 is 0 Å². The number of hydrogen-bond acceptors (Lipinski definition) is 3. The highest BCUT2D eigenvalue weighted by atomic mass is 79.9. The van der Waals surface area contributed by atoms with Crippen molar-refractivity contribution in [1.29, 1.82) is 0 Å². The summed E-state index contributed by atoms with van der Waals surface area (Å²) >= 11 is 17.6. The monoisotopic (exact) mass is 620 g/mol. The van der Waals surface area contributed by atoms with Gasteiger partial charge in [0, 0.05) is 39.3 Å². The van der Waals surface area contributed by atoms with Crippen molar-refractivity contribution in [2.24, 2.45) is 0 Å². The van der Waals surface area contributed by atoms with Gasteiger partial charge in [0.05, 0.1) is 5.75 Å². The minimum Gasteiger partial charge on any atom is -0.352 e. The van der Waals surface area contributed by atoms with E-state index in [1.807, 2.05) is 68.4 Å². The zero-order chi connectivity index (χ0) is 26.8. The van der Waals surface area contributed by atoms with Gasteiger partial charge in [-0.1, -0.05) is 94.6 Å². The van der Waals surface area contributed by atoms with Crippen molar-refractivity contribution < 1.29 is 9.59 Å². The first-order valence-electron chi connectivity index (χ1n) is 12.2. The second kappa shape index (κ2) is 14.8. The third kappa shape index (κ3) is 9.06. The molecule has 0 unspecified atom stereocenters. The molecule has 0 heterocycles. The predicted octanol–water partition coefficient (Wildman–Crippen LogP) is 7.54. The average molecular weight is 622 g/mol. The molecule has 196 valence electrons. The lowest BCUT2D eigenvalue weighted by Gasteiger charge is -2.32. The van der Waals surface area contributed by atoms with Crippen molar-refractivity contribution in [2.45, 2.75) is 51.1 Å². The maximum absolute atomic E-state index is 13.7. The van der Waals surface area contributed by atoms with Crippen molar-refractivity contribution in [2.75, 3.05) is 5.75 Å². The third-order valence-electron chi connectivity index (χ3n) is 6.07. The lowest BCUT2D eigenvalue weighted by atomic mass is 10.0. The average Bonchev–Trinajstić information content (AvgIpc) is 2.89. The Morgan fingerprint density at radius 3 is 2.22 bits per heavy atom. The van der Waals surface area contributed by atoms with Crippen LogP contribution >= 0.6 is 50.9 Å². The first kappa shape index (κ1) is 29.6. The number of carbonyl (C=O) groups excluding carboxylic acids is 2. The molecule has 2 amide bonds. The molecular weight excluding hydrogens is 591 g/mol. The summed E-state index contributed by atoms with van der Waals surface area (Å²) < 4.78 is 0.955. The smallest absolute Gasteiger partial charge is 0.243 e. The van der Waals surface area contributed by atoms with Gasteiger partial charge in [0.25, 0.3) is 0 Å². The van der Waals surface area contributed by atoms with E-state index in [2.05, 4.69) is 21.2 Å². The molecule has 0 radical (unpaired) electrons. The van der Waals surface area contributed by atoms with E-state index < -0.39 is 6.04 Å². The van der Waals surface area contributed by atoms with Gasteiger partial charge in [-0.3, -0.25) is 9.59 Å². The molecular formula is C29H31BrCl2N2O2S. The fraction of sp³-hybridized carbons (Fsp3) is 0.310. The molecule has 0 aromatic heterocycles. The number of benzene rings is 3. The number of nitrogens with one attached hydrogen (secondary N) is 1. The Hall–Kier alpha value is -1.99.